The Kier molecular flexibility index (Phi) is 5.68. The van der Waals surface area contributed by atoms with Crippen LogP contribution in [-0.2, 0) is 4.74 Å². The van der Waals surface area contributed by atoms with Crippen LogP contribution >= 0.6 is 0 Å². The molecule has 0 aromatic carbocycles. The zero-order valence-corrected chi connectivity index (χ0v) is 14.3. The molecular formula is C18H32N2O. The summed E-state index contributed by atoms with van der Waals surface area (Å²) in [5, 5.41) is 9.57. The number of hydrogen-bond acceptors (Lipinski definition) is 3. The molecule has 1 aliphatic carbocycles. The van der Waals surface area contributed by atoms with Crippen molar-refractivity contribution in [1.29, 1.82) is 5.26 Å². The van der Waals surface area contributed by atoms with E-state index in [1.165, 1.54) is 19.3 Å². The summed E-state index contributed by atoms with van der Waals surface area (Å²) < 4.78 is 5.78. The third kappa shape index (κ3) is 3.99. The molecule has 3 heteroatoms. The molecule has 2 aliphatic rings. The maximum Gasteiger partial charge on any atom is 0.0674 e. The van der Waals surface area contributed by atoms with Gasteiger partial charge in [-0.05, 0) is 43.9 Å². The van der Waals surface area contributed by atoms with Gasteiger partial charge in [0.05, 0.1) is 18.1 Å². The summed E-state index contributed by atoms with van der Waals surface area (Å²) in [6.07, 6.45) is 6.09. The van der Waals surface area contributed by atoms with Crippen LogP contribution in [-0.4, -0.2) is 36.7 Å². The molecule has 2 fully saturated rings. The van der Waals surface area contributed by atoms with Crippen LogP contribution in [0.5, 0.6) is 0 Å². The minimum atomic E-state index is 0.208. The Morgan fingerprint density at radius 2 is 2.10 bits per heavy atom. The monoisotopic (exact) mass is 292 g/mol. The fourth-order valence-corrected chi connectivity index (χ4v) is 4.03. The van der Waals surface area contributed by atoms with E-state index in [2.05, 4.69) is 38.7 Å². The van der Waals surface area contributed by atoms with Crippen LogP contribution < -0.4 is 0 Å². The summed E-state index contributed by atoms with van der Waals surface area (Å²) in [4.78, 5) is 2.56. The molecule has 0 aromatic heterocycles. The molecule has 0 amide bonds. The average molecular weight is 292 g/mol. The fourth-order valence-electron chi connectivity index (χ4n) is 4.03. The molecule has 1 saturated carbocycles. The van der Waals surface area contributed by atoms with Crippen LogP contribution in [0.4, 0.5) is 0 Å². The van der Waals surface area contributed by atoms with Crippen LogP contribution in [0.2, 0.25) is 0 Å². The van der Waals surface area contributed by atoms with Gasteiger partial charge in [0.25, 0.3) is 0 Å². The van der Waals surface area contributed by atoms with E-state index in [4.69, 9.17) is 4.74 Å². The van der Waals surface area contributed by atoms with Crippen molar-refractivity contribution < 1.29 is 4.74 Å². The Morgan fingerprint density at radius 1 is 1.33 bits per heavy atom. The molecule has 4 unspecified atom stereocenters. The van der Waals surface area contributed by atoms with Gasteiger partial charge in [-0.1, -0.05) is 27.2 Å². The van der Waals surface area contributed by atoms with Crippen LogP contribution in [0.15, 0.2) is 0 Å². The number of rotatable bonds is 3. The second kappa shape index (κ2) is 7.11. The number of ether oxygens (including phenoxy) is 1. The molecule has 0 N–H and O–H groups in total. The molecule has 0 aromatic rings. The highest BCUT2D eigenvalue weighted by molar-refractivity contribution is 5.00. The number of nitriles is 1. The smallest absolute Gasteiger partial charge is 0.0674 e. The molecule has 2 rings (SSSR count). The van der Waals surface area contributed by atoms with E-state index in [1.807, 2.05) is 0 Å². The molecule has 1 saturated heterocycles. The van der Waals surface area contributed by atoms with Crippen molar-refractivity contribution in [2.45, 2.75) is 71.9 Å². The average Bonchev–Trinajstić information content (AvgIpc) is 2.71. The summed E-state index contributed by atoms with van der Waals surface area (Å²) >= 11 is 0. The largest absolute Gasteiger partial charge is 0.377 e. The number of hydrogen-bond donors (Lipinski definition) is 0. The lowest BCUT2D eigenvalue weighted by Gasteiger charge is -2.45. The summed E-state index contributed by atoms with van der Waals surface area (Å²) in [6, 6.07) is 3.03. The van der Waals surface area contributed by atoms with Crippen molar-refractivity contribution >= 4 is 0 Å². The highest BCUT2D eigenvalue weighted by Crippen LogP contribution is 2.43. The standard InChI is InChI=1S/C18H32N2O/c1-5-18(3,4)16-8-7-15(12-19)17(11-16)20-9-6-10-21-14(2)13-20/h14-17H,5-11,13H2,1-4H3. The lowest BCUT2D eigenvalue weighted by Crippen LogP contribution is -2.48. The first-order chi connectivity index (χ1) is 9.97. The Bertz CT molecular complexity index is 374. The summed E-state index contributed by atoms with van der Waals surface area (Å²) in [5.74, 6) is 0.954. The summed E-state index contributed by atoms with van der Waals surface area (Å²) in [5.41, 5.74) is 0.395. The molecule has 0 radical (unpaired) electrons. The van der Waals surface area contributed by atoms with Gasteiger partial charge in [0.15, 0.2) is 0 Å². The minimum Gasteiger partial charge on any atom is -0.377 e. The minimum absolute atomic E-state index is 0.208. The molecule has 21 heavy (non-hydrogen) atoms. The van der Waals surface area contributed by atoms with Gasteiger partial charge >= 0.3 is 0 Å². The molecule has 0 spiro atoms. The first-order valence-electron chi connectivity index (χ1n) is 8.73. The van der Waals surface area contributed by atoms with E-state index in [0.29, 0.717) is 17.6 Å². The van der Waals surface area contributed by atoms with E-state index in [0.717, 1.165) is 38.5 Å². The van der Waals surface area contributed by atoms with Crippen molar-refractivity contribution in [1.82, 2.24) is 4.90 Å². The second-order valence-corrected chi connectivity index (χ2v) is 7.68. The van der Waals surface area contributed by atoms with Crippen LogP contribution in [0.3, 0.4) is 0 Å². The highest BCUT2D eigenvalue weighted by atomic mass is 16.5. The Morgan fingerprint density at radius 3 is 2.76 bits per heavy atom. The van der Waals surface area contributed by atoms with Crippen molar-refractivity contribution in [3.05, 3.63) is 0 Å². The van der Waals surface area contributed by atoms with Crippen LogP contribution in [0.1, 0.15) is 59.8 Å². The predicted molar refractivity (Wildman–Crippen MR) is 85.9 cm³/mol. The Balaban J connectivity index is 2.11. The second-order valence-electron chi connectivity index (χ2n) is 7.68. The van der Waals surface area contributed by atoms with E-state index < -0.39 is 0 Å². The van der Waals surface area contributed by atoms with Crippen molar-refractivity contribution in [3.63, 3.8) is 0 Å². The molecular weight excluding hydrogens is 260 g/mol. The fraction of sp³-hybridized carbons (Fsp3) is 0.944. The van der Waals surface area contributed by atoms with Crippen molar-refractivity contribution in [3.8, 4) is 6.07 Å². The quantitative estimate of drug-likeness (QED) is 0.793. The van der Waals surface area contributed by atoms with Crippen LogP contribution in [0.25, 0.3) is 0 Å². The molecule has 1 heterocycles. The van der Waals surface area contributed by atoms with Gasteiger partial charge in [-0.25, -0.2) is 0 Å². The Hall–Kier alpha value is -0.590. The summed E-state index contributed by atoms with van der Waals surface area (Å²) in [7, 11) is 0. The van der Waals surface area contributed by atoms with Crippen LogP contribution in [0, 0.1) is 28.6 Å². The molecule has 4 atom stereocenters. The van der Waals surface area contributed by atoms with E-state index in [-0.39, 0.29) is 5.92 Å². The first kappa shape index (κ1) is 16.8. The van der Waals surface area contributed by atoms with E-state index in [9.17, 15) is 5.26 Å². The lowest BCUT2D eigenvalue weighted by molar-refractivity contribution is 0.0274. The van der Waals surface area contributed by atoms with Crippen molar-refractivity contribution in [2.75, 3.05) is 19.7 Å². The maximum atomic E-state index is 9.57. The molecule has 120 valence electrons. The number of nitrogens with zero attached hydrogens (tertiary/aromatic N) is 2. The molecule has 1 aliphatic heterocycles. The molecule has 3 nitrogen and oxygen atoms in total. The maximum absolute atomic E-state index is 9.57. The van der Waals surface area contributed by atoms with Gasteiger partial charge in [-0.2, -0.15) is 5.26 Å². The van der Waals surface area contributed by atoms with Gasteiger partial charge in [0.2, 0.25) is 0 Å². The van der Waals surface area contributed by atoms with Gasteiger partial charge in [-0.15, -0.1) is 0 Å². The SMILES string of the molecule is CCC(C)(C)C1CCC(C#N)C(N2CCCOC(C)C2)C1. The van der Waals surface area contributed by atoms with Crippen molar-refractivity contribution in [2.24, 2.45) is 17.3 Å². The normalized spacial score (nSPS) is 36.0. The summed E-state index contributed by atoms with van der Waals surface area (Å²) in [6.45, 7) is 12.2. The topological polar surface area (TPSA) is 36.3 Å². The van der Waals surface area contributed by atoms with E-state index >= 15 is 0 Å². The third-order valence-electron chi connectivity index (χ3n) is 5.95. The van der Waals surface area contributed by atoms with Gasteiger partial charge in [-0.3, -0.25) is 4.90 Å². The van der Waals surface area contributed by atoms with E-state index in [1.54, 1.807) is 0 Å². The van der Waals surface area contributed by atoms with Gasteiger partial charge in [0.1, 0.15) is 0 Å². The zero-order chi connectivity index (χ0) is 15.5. The molecule has 0 bridgehead atoms. The first-order valence-corrected chi connectivity index (χ1v) is 8.73. The van der Waals surface area contributed by atoms with Gasteiger partial charge in [0, 0.05) is 25.7 Å². The Labute approximate surface area is 130 Å². The zero-order valence-electron chi connectivity index (χ0n) is 14.3. The highest BCUT2D eigenvalue weighted by Gasteiger charge is 2.40. The predicted octanol–water partition coefficient (Wildman–Crippen LogP) is 3.84. The lowest BCUT2D eigenvalue weighted by atomic mass is 9.66. The third-order valence-corrected chi connectivity index (χ3v) is 5.95. The van der Waals surface area contributed by atoms with Gasteiger partial charge < -0.3 is 4.74 Å².